The number of furan rings is 1. The third kappa shape index (κ3) is 3.96. The van der Waals surface area contributed by atoms with Crippen LogP contribution in [0.5, 0.6) is 0 Å². The number of aryl methyl sites for hydroxylation is 1. The fraction of sp³-hybridized carbons (Fsp3) is 0.261. The molecule has 1 N–H and O–H groups in total. The van der Waals surface area contributed by atoms with Crippen LogP contribution in [0.4, 0.5) is 11.4 Å². The molecule has 3 heterocycles. The van der Waals surface area contributed by atoms with E-state index >= 15 is 0 Å². The standard InChI is InChI=1S/C23H23N3O5/c1-14-11-18(15(2)25(14)12-17-7-6-10-30-17)23(29)31-16(3)22(28)26-13-21(27)24-19-8-4-5-9-20(19)26/h4-11,16H,12-13H2,1-3H3,(H,24,27)/t16-/m1/s1. The molecular formula is C23H23N3O5. The summed E-state index contributed by atoms with van der Waals surface area (Å²) in [5.74, 6) is -0.575. The first-order valence-corrected chi connectivity index (χ1v) is 9.95. The molecule has 2 aromatic heterocycles. The summed E-state index contributed by atoms with van der Waals surface area (Å²) in [5.41, 5.74) is 3.11. The van der Waals surface area contributed by atoms with Gasteiger partial charge in [0.2, 0.25) is 5.91 Å². The molecule has 1 aromatic carbocycles. The maximum atomic E-state index is 13.0. The summed E-state index contributed by atoms with van der Waals surface area (Å²) in [4.78, 5) is 39.2. The van der Waals surface area contributed by atoms with Gasteiger partial charge in [0.15, 0.2) is 6.10 Å². The van der Waals surface area contributed by atoms with Crippen LogP contribution in [0.25, 0.3) is 0 Å². The molecule has 0 unspecified atom stereocenters. The highest BCUT2D eigenvalue weighted by molar-refractivity contribution is 6.11. The Morgan fingerprint density at radius 1 is 1.19 bits per heavy atom. The maximum Gasteiger partial charge on any atom is 0.340 e. The van der Waals surface area contributed by atoms with Crippen LogP contribution in [0.15, 0.2) is 53.1 Å². The quantitative estimate of drug-likeness (QED) is 0.638. The Labute approximate surface area is 179 Å². The van der Waals surface area contributed by atoms with Gasteiger partial charge in [0.25, 0.3) is 5.91 Å². The maximum absolute atomic E-state index is 13.0. The number of hydrogen-bond acceptors (Lipinski definition) is 5. The number of rotatable bonds is 5. The highest BCUT2D eigenvalue weighted by Crippen LogP contribution is 2.29. The average Bonchev–Trinajstić information content (AvgIpc) is 3.36. The van der Waals surface area contributed by atoms with Crippen molar-refractivity contribution in [2.24, 2.45) is 0 Å². The van der Waals surface area contributed by atoms with Crippen molar-refractivity contribution in [2.75, 3.05) is 16.8 Å². The number of hydrogen-bond donors (Lipinski definition) is 1. The molecule has 4 rings (SSSR count). The molecule has 160 valence electrons. The number of carbonyl (C=O) groups excluding carboxylic acids is 3. The molecule has 8 heteroatoms. The monoisotopic (exact) mass is 421 g/mol. The Kier molecular flexibility index (Phi) is 5.37. The van der Waals surface area contributed by atoms with Gasteiger partial charge in [-0.3, -0.25) is 14.5 Å². The molecule has 2 amide bonds. The van der Waals surface area contributed by atoms with Gasteiger partial charge in [-0.15, -0.1) is 0 Å². The van der Waals surface area contributed by atoms with Gasteiger partial charge in [0.05, 0.1) is 29.7 Å². The lowest BCUT2D eigenvalue weighted by Crippen LogP contribution is -2.47. The minimum Gasteiger partial charge on any atom is -0.467 e. The minimum absolute atomic E-state index is 0.130. The van der Waals surface area contributed by atoms with E-state index in [1.54, 1.807) is 36.6 Å². The van der Waals surface area contributed by atoms with Crippen molar-refractivity contribution in [3.8, 4) is 0 Å². The summed E-state index contributed by atoms with van der Waals surface area (Å²) in [7, 11) is 0. The summed E-state index contributed by atoms with van der Waals surface area (Å²) in [6.45, 7) is 5.59. The Morgan fingerprint density at radius 2 is 1.97 bits per heavy atom. The molecule has 0 spiro atoms. The summed E-state index contributed by atoms with van der Waals surface area (Å²) < 4.78 is 12.8. The van der Waals surface area contributed by atoms with Crippen LogP contribution < -0.4 is 10.2 Å². The Bertz CT molecular complexity index is 1150. The SMILES string of the molecule is Cc1cc(C(=O)O[C@H](C)C(=O)N2CC(=O)Nc3ccccc32)c(C)n1Cc1ccco1. The second kappa shape index (κ2) is 8.14. The second-order valence-electron chi connectivity index (χ2n) is 7.49. The molecule has 1 aliphatic rings. The third-order valence-corrected chi connectivity index (χ3v) is 5.36. The fourth-order valence-electron chi connectivity index (χ4n) is 3.73. The second-order valence-corrected chi connectivity index (χ2v) is 7.49. The molecule has 31 heavy (non-hydrogen) atoms. The molecule has 0 radical (unpaired) electrons. The van der Waals surface area contributed by atoms with Crippen LogP contribution in [0.1, 0.15) is 34.4 Å². The topological polar surface area (TPSA) is 93.8 Å². The van der Waals surface area contributed by atoms with Gasteiger partial charge < -0.3 is 19.0 Å². The highest BCUT2D eigenvalue weighted by atomic mass is 16.5. The van der Waals surface area contributed by atoms with Crippen LogP contribution in [0.3, 0.4) is 0 Å². The summed E-state index contributed by atoms with van der Waals surface area (Å²) >= 11 is 0. The molecule has 0 bridgehead atoms. The van der Waals surface area contributed by atoms with E-state index < -0.39 is 18.0 Å². The fourth-order valence-corrected chi connectivity index (χ4v) is 3.73. The van der Waals surface area contributed by atoms with Gasteiger partial charge in [0.1, 0.15) is 12.3 Å². The van der Waals surface area contributed by atoms with Gasteiger partial charge in [-0.1, -0.05) is 12.1 Å². The smallest absolute Gasteiger partial charge is 0.340 e. The van der Waals surface area contributed by atoms with Crippen molar-refractivity contribution in [3.63, 3.8) is 0 Å². The van der Waals surface area contributed by atoms with E-state index in [-0.39, 0.29) is 12.5 Å². The number of para-hydroxylation sites is 2. The van der Waals surface area contributed by atoms with Crippen molar-refractivity contribution >= 4 is 29.2 Å². The first-order valence-electron chi connectivity index (χ1n) is 9.95. The van der Waals surface area contributed by atoms with Gasteiger partial charge in [-0.25, -0.2) is 4.79 Å². The van der Waals surface area contributed by atoms with E-state index in [2.05, 4.69) is 5.32 Å². The molecule has 0 saturated heterocycles. The van der Waals surface area contributed by atoms with Crippen molar-refractivity contribution in [3.05, 3.63) is 71.4 Å². The summed E-state index contributed by atoms with van der Waals surface area (Å²) in [6, 6.07) is 12.4. The number of aromatic nitrogens is 1. The van der Waals surface area contributed by atoms with Crippen molar-refractivity contribution in [1.29, 1.82) is 0 Å². The number of nitrogens with zero attached hydrogens (tertiary/aromatic N) is 2. The normalized spacial score (nSPS) is 14.0. The molecule has 8 nitrogen and oxygen atoms in total. The molecular weight excluding hydrogens is 398 g/mol. The van der Waals surface area contributed by atoms with Gasteiger partial charge >= 0.3 is 5.97 Å². The number of fused-ring (bicyclic) bond motifs is 1. The van der Waals surface area contributed by atoms with Crippen LogP contribution in [0, 0.1) is 13.8 Å². The van der Waals surface area contributed by atoms with E-state index in [1.807, 2.05) is 30.5 Å². The number of amides is 2. The zero-order valence-electron chi connectivity index (χ0n) is 17.5. The number of carbonyl (C=O) groups is 3. The van der Waals surface area contributed by atoms with Gasteiger partial charge in [-0.05, 0) is 51.1 Å². The predicted octanol–water partition coefficient (Wildman–Crippen LogP) is 3.28. The van der Waals surface area contributed by atoms with Crippen LogP contribution in [0.2, 0.25) is 0 Å². The summed E-state index contributed by atoms with van der Waals surface area (Å²) in [5, 5.41) is 2.73. The summed E-state index contributed by atoms with van der Waals surface area (Å²) in [6.07, 6.45) is 0.546. The molecule has 3 aromatic rings. The number of esters is 1. The molecule has 1 aliphatic heterocycles. The lowest BCUT2D eigenvalue weighted by Gasteiger charge is -2.30. The molecule has 0 fully saturated rings. The first kappa shape index (κ1) is 20.5. The van der Waals surface area contributed by atoms with Crippen LogP contribution >= 0.6 is 0 Å². The van der Waals surface area contributed by atoms with Crippen LogP contribution in [-0.4, -0.2) is 35.0 Å². The Hall–Kier alpha value is -3.81. The van der Waals surface area contributed by atoms with E-state index in [1.165, 1.54) is 11.8 Å². The highest BCUT2D eigenvalue weighted by Gasteiger charge is 2.32. The molecule has 1 atom stereocenters. The van der Waals surface area contributed by atoms with Gasteiger partial charge in [-0.2, -0.15) is 0 Å². The Balaban J connectivity index is 1.50. The zero-order valence-corrected chi connectivity index (χ0v) is 17.5. The predicted molar refractivity (Wildman–Crippen MR) is 114 cm³/mol. The third-order valence-electron chi connectivity index (χ3n) is 5.36. The first-order chi connectivity index (χ1) is 14.8. The lowest BCUT2D eigenvalue weighted by molar-refractivity contribution is -0.128. The van der Waals surface area contributed by atoms with E-state index in [4.69, 9.17) is 9.15 Å². The number of nitrogens with one attached hydrogen (secondary N) is 1. The van der Waals surface area contributed by atoms with Gasteiger partial charge in [0, 0.05) is 11.4 Å². The minimum atomic E-state index is -1.06. The van der Waals surface area contributed by atoms with Crippen LogP contribution in [-0.2, 0) is 20.9 Å². The van der Waals surface area contributed by atoms with Crippen molar-refractivity contribution in [2.45, 2.75) is 33.4 Å². The largest absolute Gasteiger partial charge is 0.467 e. The molecule has 0 saturated carbocycles. The number of anilines is 2. The van der Waals surface area contributed by atoms with E-state index in [0.717, 1.165) is 17.1 Å². The average molecular weight is 421 g/mol. The van der Waals surface area contributed by atoms with Crippen molar-refractivity contribution in [1.82, 2.24) is 4.57 Å². The number of benzene rings is 1. The molecule has 0 aliphatic carbocycles. The number of ether oxygens (including phenoxy) is 1. The van der Waals surface area contributed by atoms with Crippen molar-refractivity contribution < 1.29 is 23.5 Å². The van der Waals surface area contributed by atoms with E-state index in [9.17, 15) is 14.4 Å². The Morgan fingerprint density at radius 3 is 2.71 bits per heavy atom. The van der Waals surface area contributed by atoms with E-state index in [0.29, 0.717) is 23.5 Å². The lowest BCUT2D eigenvalue weighted by atomic mass is 10.1. The zero-order chi connectivity index (χ0) is 22.1.